The van der Waals surface area contributed by atoms with Gasteiger partial charge in [-0.1, -0.05) is 0 Å². The number of phenolic OH excluding ortho intramolecular Hbond substituents is 1. The van der Waals surface area contributed by atoms with Crippen LogP contribution in [0.1, 0.15) is 0 Å². The molecule has 0 fully saturated rings. The van der Waals surface area contributed by atoms with Gasteiger partial charge in [0.2, 0.25) is 10.9 Å². The Labute approximate surface area is 93.5 Å². The molecule has 0 bridgehead atoms. The first kappa shape index (κ1) is 10.8. The number of benzene rings is 1. The number of nitrogens with two attached hydrogens (primary N) is 1. The zero-order valence-corrected chi connectivity index (χ0v) is 8.43. The maximum Gasteiger partial charge on any atom is 0.332 e. The van der Waals surface area contributed by atoms with E-state index in [0.29, 0.717) is 0 Å². The Hall–Kier alpha value is -2.70. The van der Waals surface area contributed by atoms with Gasteiger partial charge in [-0.05, 0) is 18.2 Å². The van der Waals surface area contributed by atoms with Crippen molar-refractivity contribution in [3.05, 3.63) is 44.0 Å². The lowest BCUT2D eigenvalue weighted by molar-refractivity contribution is 0.249. The summed E-state index contributed by atoms with van der Waals surface area (Å²) in [5.74, 6) is -0.131. The van der Waals surface area contributed by atoms with E-state index in [0.717, 1.165) is 0 Å². The first-order valence-corrected chi connectivity index (χ1v) is 4.56. The Kier molecular flexibility index (Phi) is 2.36. The number of aromatic hydroxyl groups is 1. The van der Waals surface area contributed by atoms with Crippen LogP contribution in [0.2, 0.25) is 0 Å². The van der Waals surface area contributed by atoms with Crippen LogP contribution < -0.4 is 27.4 Å². The van der Waals surface area contributed by atoms with E-state index in [4.69, 9.17) is 5.73 Å². The van der Waals surface area contributed by atoms with E-state index in [9.17, 15) is 19.5 Å². The van der Waals surface area contributed by atoms with E-state index in [2.05, 4.69) is 5.10 Å². The van der Waals surface area contributed by atoms with Crippen LogP contribution in [0, 0.1) is 0 Å². The van der Waals surface area contributed by atoms with Crippen molar-refractivity contribution in [1.82, 2.24) is 5.43 Å². The molecule has 0 spiro atoms. The maximum atomic E-state index is 11.7. The number of hydrogen-bond donors (Lipinski definition) is 3. The van der Waals surface area contributed by atoms with Crippen molar-refractivity contribution >= 4 is 16.8 Å². The van der Waals surface area contributed by atoms with Gasteiger partial charge < -0.3 is 10.8 Å². The van der Waals surface area contributed by atoms with Crippen LogP contribution in [0.25, 0.3) is 10.8 Å². The van der Waals surface area contributed by atoms with E-state index >= 15 is 0 Å². The highest BCUT2D eigenvalue weighted by atomic mass is 16.3. The molecule has 2 amide bonds. The second kappa shape index (κ2) is 3.71. The number of fused-ring (bicyclic) bond motifs is 1. The van der Waals surface area contributed by atoms with Crippen LogP contribution in [-0.2, 0) is 0 Å². The second-order valence-corrected chi connectivity index (χ2v) is 3.32. The molecule has 0 heterocycles. The quantitative estimate of drug-likeness (QED) is 0.525. The van der Waals surface area contributed by atoms with Gasteiger partial charge in [-0.2, -0.15) is 5.10 Å². The van der Waals surface area contributed by atoms with E-state index in [1.54, 1.807) is 0 Å². The molecule has 0 unspecified atom stereocenters. The average molecular weight is 233 g/mol. The van der Waals surface area contributed by atoms with Crippen LogP contribution in [0.5, 0.6) is 5.75 Å². The van der Waals surface area contributed by atoms with Crippen LogP contribution in [0.3, 0.4) is 0 Å². The fourth-order valence-electron chi connectivity index (χ4n) is 1.49. The van der Waals surface area contributed by atoms with Gasteiger partial charge in [0.05, 0.1) is 0 Å². The fraction of sp³-hybridized carbons (Fsp3) is 0. The van der Waals surface area contributed by atoms with Crippen molar-refractivity contribution in [1.29, 1.82) is 0 Å². The summed E-state index contributed by atoms with van der Waals surface area (Å²) in [6.07, 6.45) is 0. The molecular formula is C10H7N3O4. The van der Waals surface area contributed by atoms with Gasteiger partial charge in [0, 0.05) is 10.8 Å². The maximum absolute atomic E-state index is 11.7. The van der Waals surface area contributed by atoms with Gasteiger partial charge in [-0.3, -0.25) is 9.59 Å². The molecule has 0 saturated heterocycles. The van der Waals surface area contributed by atoms with Gasteiger partial charge in [0.25, 0.3) is 0 Å². The number of urea groups is 1. The Morgan fingerprint density at radius 2 is 1.88 bits per heavy atom. The molecule has 0 saturated carbocycles. The van der Waals surface area contributed by atoms with Crippen LogP contribution >= 0.6 is 0 Å². The predicted octanol–water partition coefficient (Wildman–Crippen LogP) is -1.37. The van der Waals surface area contributed by atoms with Crippen molar-refractivity contribution in [2.24, 2.45) is 10.8 Å². The lowest BCUT2D eigenvalue weighted by Crippen LogP contribution is -2.37. The highest BCUT2D eigenvalue weighted by molar-refractivity contribution is 5.84. The standard InChI is InChI=1S/C10H7N3O4/c11-10(17)13-12-7-8(15)5-2-1-4(14)3-6(5)9(7)16/h1-3,14H,(H3,11,13,17)/b12-7+. The zero-order valence-electron chi connectivity index (χ0n) is 8.43. The zero-order chi connectivity index (χ0) is 12.6. The molecule has 2 rings (SSSR count). The number of carbonyl (C=O) groups is 1. The first-order valence-electron chi connectivity index (χ1n) is 4.56. The highest BCUT2D eigenvalue weighted by Gasteiger charge is 2.11. The van der Waals surface area contributed by atoms with Crippen molar-refractivity contribution in [3.8, 4) is 5.75 Å². The number of rotatable bonds is 1. The summed E-state index contributed by atoms with van der Waals surface area (Å²) >= 11 is 0. The van der Waals surface area contributed by atoms with Gasteiger partial charge in [-0.25, -0.2) is 10.2 Å². The molecule has 4 N–H and O–H groups in total. The number of amides is 2. The van der Waals surface area contributed by atoms with Crippen molar-refractivity contribution < 1.29 is 9.90 Å². The van der Waals surface area contributed by atoms with Crippen molar-refractivity contribution in [2.75, 3.05) is 0 Å². The van der Waals surface area contributed by atoms with Crippen molar-refractivity contribution in [3.63, 3.8) is 0 Å². The van der Waals surface area contributed by atoms with Crippen LogP contribution in [-0.4, -0.2) is 11.1 Å². The summed E-state index contributed by atoms with van der Waals surface area (Å²) in [5, 5.41) is 12.3. The second-order valence-electron chi connectivity index (χ2n) is 3.32. The summed E-state index contributed by atoms with van der Waals surface area (Å²) in [6.45, 7) is 0. The normalized spacial score (nSPS) is 11.9. The molecule has 17 heavy (non-hydrogen) atoms. The molecule has 0 aliphatic rings. The fourth-order valence-corrected chi connectivity index (χ4v) is 1.49. The monoisotopic (exact) mass is 233 g/mol. The third-order valence-electron chi connectivity index (χ3n) is 2.20. The van der Waals surface area contributed by atoms with Gasteiger partial charge in [0.15, 0.2) is 5.36 Å². The third kappa shape index (κ3) is 1.73. The molecule has 2 aromatic rings. The van der Waals surface area contributed by atoms with Gasteiger partial charge in [-0.15, -0.1) is 0 Å². The van der Waals surface area contributed by atoms with Gasteiger partial charge >= 0.3 is 6.03 Å². The number of phenols is 1. The summed E-state index contributed by atoms with van der Waals surface area (Å²) < 4.78 is 0. The predicted molar refractivity (Wildman–Crippen MR) is 58.8 cm³/mol. The van der Waals surface area contributed by atoms with E-state index in [-0.39, 0.29) is 16.5 Å². The Morgan fingerprint density at radius 3 is 2.53 bits per heavy atom. The smallest absolute Gasteiger partial charge is 0.332 e. The van der Waals surface area contributed by atoms with E-state index in [1.807, 2.05) is 5.43 Å². The summed E-state index contributed by atoms with van der Waals surface area (Å²) in [6, 6.07) is 2.80. The van der Waals surface area contributed by atoms with Crippen LogP contribution in [0.15, 0.2) is 32.9 Å². The minimum Gasteiger partial charge on any atom is -0.508 e. The number of primary amides is 1. The Balaban J connectivity index is 2.83. The number of hydrogen-bond acceptors (Lipinski definition) is 5. The molecule has 7 nitrogen and oxygen atoms in total. The molecule has 0 aromatic heterocycles. The van der Waals surface area contributed by atoms with Gasteiger partial charge in [0.1, 0.15) is 5.75 Å². The minimum atomic E-state index is -0.975. The molecule has 0 atom stereocenters. The minimum absolute atomic E-state index is 0.0556. The summed E-state index contributed by atoms with van der Waals surface area (Å²) in [4.78, 5) is 33.9. The summed E-state index contributed by atoms with van der Waals surface area (Å²) in [5.41, 5.74) is 5.32. The van der Waals surface area contributed by atoms with Crippen LogP contribution in [0.4, 0.5) is 4.79 Å². The SMILES string of the molecule is NC(=O)N/N=c1\c(=O)c2ccc(O)cc2c1=O. The molecular weight excluding hydrogens is 226 g/mol. The largest absolute Gasteiger partial charge is 0.508 e. The summed E-state index contributed by atoms with van der Waals surface area (Å²) in [7, 11) is 0. The molecule has 7 heteroatoms. The van der Waals surface area contributed by atoms with E-state index < -0.39 is 22.2 Å². The molecule has 86 valence electrons. The van der Waals surface area contributed by atoms with Crippen molar-refractivity contribution in [2.45, 2.75) is 0 Å². The third-order valence-corrected chi connectivity index (χ3v) is 2.20. The molecule has 2 aromatic carbocycles. The number of carbonyl (C=O) groups excluding carboxylic acids is 1. The lowest BCUT2D eigenvalue weighted by Gasteiger charge is -1.88. The number of nitrogens with zero attached hydrogens (tertiary/aromatic N) is 1. The molecule has 0 aliphatic carbocycles. The lowest BCUT2D eigenvalue weighted by atomic mass is 10.2. The highest BCUT2D eigenvalue weighted by Crippen LogP contribution is 2.12. The number of nitrogens with one attached hydrogen (secondary N) is 1. The molecule has 0 radical (unpaired) electrons. The van der Waals surface area contributed by atoms with E-state index in [1.165, 1.54) is 18.2 Å². The molecule has 0 aliphatic heterocycles. The average Bonchev–Trinajstić information content (AvgIpc) is 2.49. The Bertz CT molecular complexity index is 756. The topological polar surface area (TPSA) is 122 Å². The Morgan fingerprint density at radius 1 is 1.24 bits per heavy atom. The first-order chi connectivity index (χ1) is 8.00.